The SMILES string of the molecule is CN=C(NCCCOc1ccc(C)cc1)N1CCC(c2cnn(C)c2)C1. The number of benzene rings is 1. The number of aliphatic imine (C=N–C) groups is 1. The monoisotopic (exact) mass is 355 g/mol. The van der Waals surface area contributed by atoms with Crippen molar-refractivity contribution in [1.29, 1.82) is 0 Å². The van der Waals surface area contributed by atoms with Crippen LogP contribution in [0.2, 0.25) is 0 Å². The first kappa shape index (κ1) is 18.3. The molecule has 1 aliphatic heterocycles. The summed E-state index contributed by atoms with van der Waals surface area (Å²) < 4.78 is 7.65. The first-order chi connectivity index (χ1) is 12.7. The molecule has 1 N–H and O–H groups in total. The van der Waals surface area contributed by atoms with E-state index in [1.165, 1.54) is 11.1 Å². The van der Waals surface area contributed by atoms with Gasteiger partial charge in [-0.1, -0.05) is 17.7 Å². The molecule has 140 valence electrons. The fraction of sp³-hybridized carbons (Fsp3) is 0.500. The molecule has 1 unspecified atom stereocenters. The third kappa shape index (κ3) is 4.77. The number of ether oxygens (including phenoxy) is 1. The number of nitrogens with one attached hydrogen (secondary N) is 1. The smallest absolute Gasteiger partial charge is 0.193 e. The summed E-state index contributed by atoms with van der Waals surface area (Å²) in [5.41, 5.74) is 2.56. The van der Waals surface area contributed by atoms with Crippen molar-refractivity contribution in [3.05, 3.63) is 47.8 Å². The molecular weight excluding hydrogens is 326 g/mol. The van der Waals surface area contributed by atoms with Crippen LogP contribution in [0.25, 0.3) is 0 Å². The minimum Gasteiger partial charge on any atom is -0.494 e. The summed E-state index contributed by atoms with van der Waals surface area (Å²) in [6, 6.07) is 8.18. The Labute approximate surface area is 155 Å². The predicted molar refractivity (Wildman–Crippen MR) is 105 cm³/mol. The van der Waals surface area contributed by atoms with Gasteiger partial charge in [-0.05, 0) is 37.5 Å². The van der Waals surface area contributed by atoms with Crippen LogP contribution in [0.4, 0.5) is 0 Å². The van der Waals surface area contributed by atoms with Crippen molar-refractivity contribution < 1.29 is 4.74 Å². The number of nitrogens with zero attached hydrogens (tertiary/aromatic N) is 4. The van der Waals surface area contributed by atoms with Gasteiger partial charge in [0.2, 0.25) is 0 Å². The van der Waals surface area contributed by atoms with E-state index < -0.39 is 0 Å². The van der Waals surface area contributed by atoms with Gasteiger partial charge in [0.15, 0.2) is 5.96 Å². The van der Waals surface area contributed by atoms with Crippen molar-refractivity contribution in [2.24, 2.45) is 12.0 Å². The average molecular weight is 355 g/mol. The first-order valence-electron chi connectivity index (χ1n) is 9.29. The molecule has 1 fully saturated rings. The average Bonchev–Trinajstić information content (AvgIpc) is 3.29. The lowest BCUT2D eigenvalue weighted by Gasteiger charge is -2.21. The van der Waals surface area contributed by atoms with Crippen LogP contribution >= 0.6 is 0 Å². The molecule has 1 atom stereocenters. The van der Waals surface area contributed by atoms with E-state index in [9.17, 15) is 0 Å². The van der Waals surface area contributed by atoms with Crippen LogP contribution in [0.3, 0.4) is 0 Å². The van der Waals surface area contributed by atoms with Gasteiger partial charge in [-0.25, -0.2) is 0 Å². The topological polar surface area (TPSA) is 54.7 Å². The van der Waals surface area contributed by atoms with Crippen molar-refractivity contribution in [3.8, 4) is 5.75 Å². The number of aromatic nitrogens is 2. The summed E-state index contributed by atoms with van der Waals surface area (Å²) in [4.78, 5) is 6.77. The van der Waals surface area contributed by atoms with Crippen molar-refractivity contribution >= 4 is 5.96 Å². The summed E-state index contributed by atoms with van der Waals surface area (Å²) in [6.45, 7) is 5.65. The molecule has 0 amide bonds. The Morgan fingerprint density at radius 1 is 1.35 bits per heavy atom. The number of guanidine groups is 1. The van der Waals surface area contributed by atoms with Crippen molar-refractivity contribution in [3.63, 3.8) is 0 Å². The Morgan fingerprint density at radius 3 is 2.85 bits per heavy atom. The summed E-state index contributed by atoms with van der Waals surface area (Å²) in [7, 11) is 3.82. The zero-order valence-corrected chi connectivity index (χ0v) is 16.0. The van der Waals surface area contributed by atoms with Crippen LogP contribution in [0.5, 0.6) is 5.75 Å². The lowest BCUT2D eigenvalue weighted by Crippen LogP contribution is -2.40. The number of aryl methyl sites for hydroxylation is 2. The summed E-state index contributed by atoms with van der Waals surface area (Å²) >= 11 is 0. The molecule has 26 heavy (non-hydrogen) atoms. The first-order valence-corrected chi connectivity index (χ1v) is 9.29. The zero-order chi connectivity index (χ0) is 18.4. The fourth-order valence-electron chi connectivity index (χ4n) is 3.30. The Hall–Kier alpha value is -2.50. The molecule has 2 heterocycles. The second-order valence-electron chi connectivity index (χ2n) is 6.87. The Kier molecular flexibility index (Phi) is 6.15. The van der Waals surface area contributed by atoms with E-state index in [1.54, 1.807) is 0 Å². The van der Waals surface area contributed by atoms with Crippen LogP contribution < -0.4 is 10.1 Å². The molecule has 0 spiro atoms. The molecule has 3 rings (SSSR count). The largest absolute Gasteiger partial charge is 0.494 e. The van der Waals surface area contributed by atoms with E-state index in [-0.39, 0.29) is 0 Å². The third-order valence-electron chi connectivity index (χ3n) is 4.79. The summed E-state index contributed by atoms with van der Waals surface area (Å²) in [5.74, 6) is 2.44. The van der Waals surface area contributed by atoms with E-state index in [0.29, 0.717) is 12.5 Å². The zero-order valence-electron chi connectivity index (χ0n) is 16.0. The Morgan fingerprint density at radius 2 is 2.15 bits per heavy atom. The van der Waals surface area contributed by atoms with Gasteiger partial charge in [-0.2, -0.15) is 5.10 Å². The van der Waals surface area contributed by atoms with Gasteiger partial charge >= 0.3 is 0 Å². The van der Waals surface area contributed by atoms with Crippen LogP contribution in [-0.4, -0.2) is 53.9 Å². The molecule has 2 aromatic rings. The Bertz CT molecular complexity index is 722. The molecule has 6 heteroatoms. The molecule has 1 aromatic carbocycles. The van der Waals surface area contributed by atoms with Gasteiger partial charge in [0.25, 0.3) is 0 Å². The third-order valence-corrected chi connectivity index (χ3v) is 4.79. The van der Waals surface area contributed by atoms with Crippen LogP contribution in [0.15, 0.2) is 41.7 Å². The molecule has 0 radical (unpaired) electrons. The van der Waals surface area contributed by atoms with Crippen molar-refractivity contribution in [1.82, 2.24) is 20.0 Å². The van der Waals surface area contributed by atoms with E-state index in [1.807, 2.05) is 37.1 Å². The lowest BCUT2D eigenvalue weighted by molar-refractivity contribution is 0.310. The Balaban J connectivity index is 1.39. The van der Waals surface area contributed by atoms with Gasteiger partial charge in [0.05, 0.1) is 12.8 Å². The van der Waals surface area contributed by atoms with Crippen LogP contribution in [0, 0.1) is 6.92 Å². The summed E-state index contributed by atoms with van der Waals surface area (Å²) in [6.07, 6.45) is 6.18. The highest BCUT2D eigenvalue weighted by atomic mass is 16.5. The van der Waals surface area contributed by atoms with E-state index in [4.69, 9.17) is 4.74 Å². The molecule has 0 bridgehead atoms. The van der Waals surface area contributed by atoms with Gasteiger partial charge in [0, 0.05) is 45.8 Å². The number of hydrogen-bond donors (Lipinski definition) is 1. The maximum absolute atomic E-state index is 5.78. The second-order valence-corrected chi connectivity index (χ2v) is 6.87. The maximum Gasteiger partial charge on any atom is 0.193 e. The maximum atomic E-state index is 5.78. The highest BCUT2D eigenvalue weighted by molar-refractivity contribution is 5.80. The van der Waals surface area contributed by atoms with E-state index in [0.717, 1.165) is 44.2 Å². The standard InChI is InChI=1S/C20H29N5O/c1-16-5-7-19(8-6-16)26-12-4-10-22-20(21-2)25-11-9-17(15-25)18-13-23-24(3)14-18/h5-8,13-14,17H,4,9-12,15H2,1-3H3,(H,21,22). The normalized spacial score (nSPS) is 17.6. The second kappa shape index (κ2) is 8.74. The van der Waals surface area contributed by atoms with Crippen LogP contribution in [-0.2, 0) is 7.05 Å². The predicted octanol–water partition coefficient (Wildman–Crippen LogP) is 2.56. The fourth-order valence-corrected chi connectivity index (χ4v) is 3.30. The quantitative estimate of drug-likeness (QED) is 0.492. The van der Waals surface area contributed by atoms with E-state index >= 15 is 0 Å². The number of likely N-dealkylation sites (tertiary alicyclic amines) is 1. The van der Waals surface area contributed by atoms with Crippen LogP contribution in [0.1, 0.15) is 29.9 Å². The van der Waals surface area contributed by atoms with Gasteiger partial charge < -0.3 is 15.0 Å². The molecular formula is C20H29N5O. The summed E-state index contributed by atoms with van der Waals surface area (Å²) in [5, 5.41) is 7.75. The van der Waals surface area contributed by atoms with Gasteiger partial charge in [0.1, 0.15) is 5.75 Å². The molecule has 1 saturated heterocycles. The molecule has 1 aliphatic rings. The highest BCUT2D eigenvalue weighted by Crippen LogP contribution is 2.26. The number of hydrogen-bond acceptors (Lipinski definition) is 3. The molecule has 6 nitrogen and oxygen atoms in total. The molecule has 0 saturated carbocycles. The molecule has 1 aromatic heterocycles. The minimum atomic E-state index is 0.534. The van der Waals surface area contributed by atoms with Crippen molar-refractivity contribution in [2.75, 3.05) is 33.3 Å². The lowest BCUT2D eigenvalue weighted by atomic mass is 10.0. The minimum absolute atomic E-state index is 0.534. The number of rotatable bonds is 6. The van der Waals surface area contributed by atoms with Gasteiger partial charge in [-0.3, -0.25) is 9.67 Å². The molecule has 0 aliphatic carbocycles. The van der Waals surface area contributed by atoms with Gasteiger partial charge in [-0.15, -0.1) is 0 Å². The highest BCUT2D eigenvalue weighted by Gasteiger charge is 2.26. The van der Waals surface area contributed by atoms with Crippen molar-refractivity contribution in [2.45, 2.75) is 25.7 Å². The van der Waals surface area contributed by atoms with E-state index in [2.05, 4.69) is 45.6 Å².